The van der Waals surface area contributed by atoms with E-state index in [1.807, 2.05) is 46.8 Å². The lowest BCUT2D eigenvalue weighted by atomic mass is 10.1. The average molecular weight is 470 g/mol. The lowest BCUT2D eigenvalue weighted by Gasteiger charge is -2.30. The SMILES string of the molecule is Cc1c(Nc2ccc(C#N)cc2Cl)ncnc1O[C@@H](C)CC1C=CC(C)N1C(=O)OC(C)C. The van der Waals surface area contributed by atoms with Crippen LogP contribution in [0, 0.1) is 18.3 Å². The van der Waals surface area contributed by atoms with Gasteiger partial charge in [-0.3, -0.25) is 4.90 Å². The van der Waals surface area contributed by atoms with Gasteiger partial charge in [-0.05, 0) is 52.8 Å². The van der Waals surface area contributed by atoms with Crippen LogP contribution in [0.5, 0.6) is 5.88 Å². The third-order valence-corrected chi connectivity index (χ3v) is 5.54. The van der Waals surface area contributed by atoms with Crippen LogP contribution in [-0.2, 0) is 4.74 Å². The molecule has 8 nitrogen and oxygen atoms in total. The Morgan fingerprint density at radius 1 is 1.30 bits per heavy atom. The highest BCUT2D eigenvalue weighted by atomic mass is 35.5. The summed E-state index contributed by atoms with van der Waals surface area (Å²) < 4.78 is 11.5. The predicted octanol–water partition coefficient (Wildman–Crippen LogP) is 5.39. The van der Waals surface area contributed by atoms with Crippen LogP contribution in [0.1, 0.15) is 45.2 Å². The van der Waals surface area contributed by atoms with Crippen LogP contribution in [0.4, 0.5) is 16.3 Å². The highest BCUT2D eigenvalue weighted by Gasteiger charge is 2.33. The van der Waals surface area contributed by atoms with Gasteiger partial charge in [0, 0.05) is 6.42 Å². The summed E-state index contributed by atoms with van der Waals surface area (Å²) in [6.07, 6.45) is 5.28. The van der Waals surface area contributed by atoms with Crippen LogP contribution < -0.4 is 10.1 Å². The quantitative estimate of drug-likeness (QED) is 0.543. The first-order valence-corrected chi connectivity index (χ1v) is 11.2. The van der Waals surface area contributed by atoms with E-state index in [1.54, 1.807) is 23.1 Å². The number of carbonyl (C=O) groups is 1. The molecule has 0 saturated heterocycles. The number of rotatable bonds is 7. The maximum absolute atomic E-state index is 12.5. The highest BCUT2D eigenvalue weighted by Crippen LogP contribution is 2.30. The maximum atomic E-state index is 12.5. The van der Waals surface area contributed by atoms with Crippen LogP contribution in [0.3, 0.4) is 0 Å². The number of hydrogen-bond acceptors (Lipinski definition) is 7. The first-order valence-electron chi connectivity index (χ1n) is 10.8. The molecular formula is C24H28ClN5O3. The fourth-order valence-electron chi connectivity index (χ4n) is 3.60. The van der Waals surface area contributed by atoms with Crippen molar-refractivity contribution in [3.8, 4) is 11.9 Å². The van der Waals surface area contributed by atoms with Crippen LogP contribution >= 0.6 is 11.6 Å². The minimum atomic E-state index is -0.330. The van der Waals surface area contributed by atoms with Gasteiger partial charge in [0.05, 0.1) is 52.2 Å². The molecule has 1 aliphatic heterocycles. The molecule has 0 radical (unpaired) electrons. The molecule has 0 spiro atoms. The minimum absolute atomic E-state index is 0.0396. The molecule has 1 aromatic heterocycles. The van der Waals surface area contributed by atoms with E-state index in [2.05, 4.69) is 21.4 Å². The Hall–Kier alpha value is -3.31. The summed E-state index contributed by atoms with van der Waals surface area (Å²) in [7, 11) is 0. The van der Waals surface area contributed by atoms with Crippen LogP contribution in [-0.4, -0.2) is 45.3 Å². The van der Waals surface area contributed by atoms with E-state index < -0.39 is 0 Å². The first kappa shape index (κ1) is 24.3. The lowest BCUT2D eigenvalue weighted by Crippen LogP contribution is -2.43. The third-order valence-electron chi connectivity index (χ3n) is 5.23. The number of carbonyl (C=O) groups excluding carboxylic acids is 1. The standard InChI is InChI=1S/C24H28ClN5O3/c1-14(2)32-24(31)30-15(3)6-8-19(30)10-16(4)33-23-17(5)22(27-13-28-23)29-21-9-7-18(12-26)11-20(21)25/h6-9,11,13-16,19H,10H2,1-5H3,(H,27,28,29)/t15?,16-,19?/m0/s1. The molecule has 1 aromatic carbocycles. The molecule has 1 aliphatic rings. The second-order valence-corrected chi connectivity index (χ2v) is 8.69. The normalized spacial score (nSPS) is 18.2. The van der Waals surface area contributed by atoms with E-state index >= 15 is 0 Å². The Morgan fingerprint density at radius 3 is 2.73 bits per heavy atom. The number of nitrogens with one attached hydrogen (secondary N) is 1. The van der Waals surface area contributed by atoms with Crippen molar-refractivity contribution in [2.24, 2.45) is 0 Å². The first-order chi connectivity index (χ1) is 15.7. The zero-order valence-electron chi connectivity index (χ0n) is 19.4. The van der Waals surface area contributed by atoms with Crippen molar-refractivity contribution < 1.29 is 14.3 Å². The minimum Gasteiger partial charge on any atom is -0.474 e. The van der Waals surface area contributed by atoms with Crippen molar-refractivity contribution in [1.82, 2.24) is 14.9 Å². The van der Waals surface area contributed by atoms with Crippen LogP contribution in [0.25, 0.3) is 0 Å². The van der Waals surface area contributed by atoms with Gasteiger partial charge in [0.2, 0.25) is 5.88 Å². The van der Waals surface area contributed by atoms with E-state index in [0.29, 0.717) is 34.4 Å². The smallest absolute Gasteiger partial charge is 0.411 e. The summed E-state index contributed by atoms with van der Waals surface area (Å²) in [5.74, 6) is 0.992. The van der Waals surface area contributed by atoms with Crippen molar-refractivity contribution in [3.05, 3.63) is 52.8 Å². The second-order valence-electron chi connectivity index (χ2n) is 8.28. The van der Waals surface area contributed by atoms with E-state index in [4.69, 9.17) is 26.3 Å². The fraction of sp³-hybridized carbons (Fsp3) is 0.417. The number of ether oxygens (including phenoxy) is 2. The monoisotopic (exact) mass is 469 g/mol. The van der Waals surface area contributed by atoms with Crippen molar-refractivity contribution >= 4 is 29.2 Å². The number of anilines is 2. The molecule has 1 amide bonds. The van der Waals surface area contributed by atoms with Gasteiger partial charge < -0.3 is 14.8 Å². The Morgan fingerprint density at radius 2 is 2.06 bits per heavy atom. The topological polar surface area (TPSA) is 100 Å². The predicted molar refractivity (Wildman–Crippen MR) is 127 cm³/mol. The molecule has 3 atom stereocenters. The van der Waals surface area contributed by atoms with Crippen LogP contribution in [0.2, 0.25) is 5.02 Å². The summed E-state index contributed by atoms with van der Waals surface area (Å²) in [6, 6.07) is 6.88. The molecule has 0 aliphatic carbocycles. The summed E-state index contributed by atoms with van der Waals surface area (Å²) in [4.78, 5) is 22.8. The number of nitrogens with zero attached hydrogens (tertiary/aromatic N) is 4. The third kappa shape index (κ3) is 5.93. The Labute approximate surface area is 199 Å². The highest BCUT2D eigenvalue weighted by molar-refractivity contribution is 6.33. The van der Waals surface area contributed by atoms with Gasteiger partial charge >= 0.3 is 6.09 Å². The number of benzene rings is 1. The van der Waals surface area contributed by atoms with E-state index in [-0.39, 0.29) is 30.4 Å². The summed E-state index contributed by atoms with van der Waals surface area (Å²) in [5, 5.41) is 12.6. The van der Waals surface area contributed by atoms with E-state index in [9.17, 15) is 4.79 Å². The molecule has 2 unspecified atom stereocenters. The van der Waals surface area contributed by atoms with Crippen molar-refractivity contribution in [2.45, 2.75) is 65.3 Å². The average Bonchev–Trinajstić information content (AvgIpc) is 3.11. The molecule has 2 aromatic rings. The summed E-state index contributed by atoms with van der Waals surface area (Å²) in [5.41, 5.74) is 1.82. The van der Waals surface area contributed by atoms with Gasteiger partial charge in [0.25, 0.3) is 0 Å². The molecule has 9 heteroatoms. The molecule has 1 N–H and O–H groups in total. The molecule has 3 rings (SSSR count). The molecule has 2 heterocycles. The lowest BCUT2D eigenvalue weighted by molar-refractivity contribution is 0.0594. The second kappa shape index (κ2) is 10.5. The van der Waals surface area contributed by atoms with Gasteiger partial charge in [-0.15, -0.1) is 0 Å². The summed E-state index contributed by atoms with van der Waals surface area (Å²) in [6.45, 7) is 9.42. The van der Waals surface area contributed by atoms with Gasteiger partial charge in [0.15, 0.2) is 0 Å². The number of amides is 1. The van der Waals surface area contributed by atoms with Gasteiger partial charge in [-0.1, -0.05) is 23.8 Å². The molecule has 0 fully saturated rings. The molecular weight excluding hydrogens is 442 g/mol. The van der Waals surface area contributed by atoms with E-state index in [0.717, 1.165) is 5.56 Å². The van der Waals surface area contributed by atoms with E-state index in [1.165, 1.54) is 6.33 Å². The Kier molecular flexibility index (Phi) is 7.77. The zero-order valence-corrected chi connectivity index (χ0v) is 20.1. The number of aromatic nitrogens is 2. The maximum Gasteiger partial charge on any atom is 0.411 e. The molecule has 174 valence electrons. The Balaban J connectivity index is 1.69. The summed E-state index contributed by atoms with van der Waals surface area (Å²) >= 11 is 6.27. The Bertz CT molecular complexity index is 1080. The van der Waals surface area contributed by atoms with Gasteiger partial charge in [-0.25, -0.2) is 14.8 Å². The van der Waals surface area contributed by atoms with Crippen molar-refractivity contribution in [3.63, 3.8) is 0 Å². The molecule has 0 saturated carbocycles. The van der Waals surface area contributed by atoms with Gasteiger partial charge in [-0.2, -0.15) is 5.26 Å². The van der Waals surface area contributed by atoms with Crippen molar-refractivity contribution in [1.29, 1.82) is 5.26 Å². The molecule has 33 heavy (non-hydrogen) atoms. The molecule has 0 bridgehead atoms. The number of hydrogen-bond donors (Lipinski definition) is 1. The largest absolute Gasteiger partial charge is 0.474 e. The van der Waals surface area contributed by atoms with Gasteiger partial charge in [0.1, 0.15) is 12.1 Å². The number of nitriles is 1. The van der Waals surface area contributed by atoms with Crippen molar-refractivity contribution in [2.75, 3.05) is 5.32 Å². The fourth-order valence-corrected chi connectivity index (χ4v) is 3.83. The van der Waals surface area contributed by atoms with Crippen LogP contribution in [0.15, 0.2) is 36.7 Å². The number of halogens is 1. The zero-order chi connectivity index (χ0) is 24.1.